The number of hydrogen-bond donors (Lipinski definition) is 0. The molecule has 0 aromatic heterocycles. The standard InChI is InChI=1S/C39H40Si.2CH3.Hf/c1-6-11-36-35-19-10-18-34(30-15-8-13-28(21-30)26(4)5)38(35)24-39(36)40-32-22-31-16-9-17-33(37(31)23-32)29-14-7-12-27(20-29)25(2)3;;;/h7-10,12-26,36H,1,6,11,40H2,2-5H3;2*1H3;. The zero-order valence-corrected chi connectivity index (χ0v) is 31.9. The van der Waals surface area contributed by atoms with Crippen molar-refractivity contribution in [3.63, 3.8) is 0 Å². The van der Waals surface area contributed by atoms with Gasteiger partial charge in [0.15, 0.2) is 0 Å². The first-order valence-corrected chi connectivity index (χ1v) is 29.8. The fourth-order valence-corrected chi connectivity index (χ4v) is 29.0. The predicted molar refractivity (Wildman–Crippen MR) is 188 cm³/mol. The minimum absolute atomic E-state index is 0.543. The third-order valence-corrected chi connectivity index (χ3v) is 28.2. The second-order valence-corrected chi connectivity index (χ2v) is 34.8. The van der Waals surface area contributed by atoms with Gasteiger partial charge in [-0.25, -0.2) is 0 Å². The Hall–Kier alpha value is -2.55. The van der Waals surface area contributed by atoms with Gasteiger partial charge in [-0.05, 0) is 0 Å². The van der Waals surface area contributed by atoms with Crippen LogP contribution in [0.4, 0.5) is 0 Å². The van der Waals surface area contributed by atoms with Crippen molar-refractivity contribution in [2.45, 2.75) is 75.5 Å². The molecule has 7 rings (SSSR count). The Morgan fingerprint density at radius 1 is 0.651 bits per heavy atom. The molecule has 2 heteroatoms. The molecule has 0 nitrogen and oxygen atoms in total. The predicted octanol–water partition coefficient (Wildman–Crippen LogP) is 11.4. The van der Waals surface area contributed by atoms with Crippen molar-refractivity contribution in [2.75, 3.05) is 0 Å². The number of benzene rings is 4. The molecule has 218 valence electrons. The first kappa shape index (κ1) is 29.2. The fourth-order valence-electron chi connectivity index (χ4n) is 8.37. The van der Waals surface area contributed by atoms with E-state index in [-0.39, 0.29) is 0 Å². The van der Waals surface area contributed by atoms with E-state index in [9.17, 15) is 0 Å². The Kier molecular flexibility index (Phi) is 7.75. The van der Waals surface area contributed by atoms with E-state index in [0.717, 1.165) is 3.67 Å². The maximum absolute atomic E-state index is 2.77. The van der Waals surface area contributed by atoms with Crippen LogP contribution in [0, 0.1) is 0 Å². The Morgan fingerprint density at radius 3 is 1.79 bits per heavy atom. The maximum atomic E-state index is 2.77. The van der Waals surface area contributed by atoms with Gasteiger partial charge in [-0.15, -0.1) is 0 Å². The van der Waals surface area contributed by atoms with Crippen LogP contribution in [0.15, 0.2) is 95.3 Å². The van der Waals surface area contributed by atoms with E-state index in [2.05, 4.69) is 134 Å². The molecular formula is C41H46HfSi. The molecule has 2 atom stereocenters. The molecule has 0 amide bonds. The van der Waals surface area contributed by atoms with Crippen molar-refractivity contribution in [3.8, 4) is 22.3 Å². The molecule has 0 N–H and O–H groups in total. The van der Waals surface area contributed by atoms with Crippen molar-refractivity contribution in [2.24, 2.45) is 0 Å². The molecule has 3 aliphatic rings. The third-order valence-electron chi connectivity index (χ3n) is 10.7. The summed E-state index contributed by atoms with van der Waals surface area (Å²) in [5.41, 5.74) is 14.8. The summed E-state index contributed by atoms with van der Waals surface area (Å²) in [4.78, 5) is 0. The second-order valence-electron chi connectivity index (χ2n) is 14.7. The van der Waals surface area contributed by atoms with Gasteiger partial charge in [0, 0.05) is 0 Å². The molecule has 0 radical (unpaired) electrons. The first-order chi connectivity index (χ1) is 20.7. The molecule has 0 spiro atoms. The van der Waals surface area contributed by atoms with Gasteiger partial charge >= 0.3 is 268 Å². The van der Waals surface area contributed by atoms with Gasteiger partial charge in [-0.1, -0.05) is 0 Å². The number of hydrogen-bond acceptors (Lipinski definition) is 0. The van der Waals surface area contributed by atoms with Gasteiger partial charge in [0.1, 0.15) is 0 Å². The molecule has 1 fully saturated rings. The number of rotatable bonds is 4. The zero-order valence-electron chi connectivity index (χ0n) is 26.9. The van der Waals surface area contributed by atoms with Crippen LogP contribution in [-0.4, -0.2) is 9.52 Å². The second kappa shape index (κ2) is 11.4. The Balaban J connectivity index is 1.32. The van der Waals surface area contributed by atoms with Gasteiger partial charge in [-0.3, -0.25) is 0 Å². The van der Waals surface area contributed by atoms with E-state index >= 15 is 0 Å². The third kappa shape index (κ3) is 5.27. The Labute approximate surface area is 266 Å². The van der Waals surface area contributed by atoms with E-state index in [1.165, 1.54) is 56.0 Å². The summed E-state index contributed by atoms with van der Waals surface area (Å²) in [6, 6.07) is 33.0. The van der Waals surface area contributed by atoms with Gasteiger partial charge in [0.2, 0.25) is 0 Å². The van der Waals surface area contributed by atoms with E-state index in [0.29, 0.717) is 17.8 Å². The minimum atomic E-state index is -2.58. The molecule has 0 saturated carbocycles. The molecule has 1 saturated heterocycles. The van der Waals surface area contributed by atoms with E-state index in [1.54, 1.807) is 21.9 Å². The molecule has 2 aliphatic carbocycles. The average molecular weight is 745 g/mol. The van der Waals surface area contributed by atoms with Gasteiger partial charge in [0.05, 0.1) is 0 Å². The monoisotopic (exact) mass is 746 g/mol. The number of allylic oxidation sites excluding steroid dienone is 2. The topological polar surface area (TPSA) is 0 Å². The fraction of sp³-hybridized carbons (Fsp3) is 0.317. The number of fused-ring (bicyclic) bond motifs is 6. The first-order valence-electron chi connectivity index (χ1n) is 16.6. The SMILES string of the molecule is CC(C)c1cccc(-c2cccc3c2C=C2[SiH2]C4=Cc5c(-c6cccc(C(C)C)c6)cccc5[CH]4[Hf]([CH3])([CH3])[CH2]CCC23)c1. The summed E-state index contributed by atoms with van der Waals surface area (Å²) < 4.78 is 7.77. The van der Waals surface area contributed by atoms with Gasteiger partial charge < -0.3 is 0 Å². The summed E-state index contributed by atoms with van der Waals surface area (Å²) in [6.45, 7) is 9.21. The zero-order chi connectivity index (χ0) is 29.9. The van der Waals surface area contributed by atoms with Crippen LogP contribution in [0.5, 0.6) is 0 Å². The summed E-state index contributed by atoms with van der Waals surface area (Å²) in [7, 11) is -0.565. The van der Waals surface area contributed by atoms with Crippen molar-refractivity contribution in [1.82, 2.24) is 0 Å². The molecular weight excluding hydrogens is 699 g/mol. The molecule has 1 aliphatic heterocycles. The van der Waals surface area contributed by atoms with Crippen molar-refractivity contribution >= 4 is 21.7 Å². The molecule has 0 bridgehead atoms. The normalized spacial score (nSPS) is 20.9. The summed E-state index contributed by atoms with van der Waals surface area (Å²) in [5, 5.41) is 3.64. The molecule has 1 heterocycles. The summed E-state index contributed by atoms with van der Waals surface area (Å²) in [6.07, 6.45) is 8.10. The van der Waals surface area contributed by atoms with Crippen LogP contribution in [0.2, 0.25) is 13.5 Å². The Morgan fingerprint density at radius 2 is 1.19 bits per heavy atom. The van der Waals surface area contributed by atoms with E-state index < -0.39 is 29.5 Å². The van der Waals surface area contributed by atoms with Crippen LogP contribution < -0.4 is 0 Å². The van der Waals surface area contributed by atoms with Crippen molar-refractivity contribution in [3.05, 3.63) is 129 Å². The van der Waals surface area contributed by atoms with Crippen LogP contribution in [0.3, 0.4) is 0 Å². The van der Waals surface area contributed by atoms with Gasteiger partial charge in [0.25, 0.3) is 0 Å². The van der Waals surface area contributed by atoms with E-state index in [4.69, 9.17) is 0 Å². The molecule has 2 unspecified atom stereocenters. The van der Waals surface area contributed by atoms with Gasteiger partial charge in [-0.2, -0.15) is 0 Å². The molecule has 43 heavy (non-hydrogen) atoms. The van der Waals surface area contributed by atoms with Crippen molar-refractivity contribution in [1.29, 1.82) is 0 Å². The Bertz CT molecular complexity index is 1770. The van der Waals surface area contributed by atoms with Crippen molar-refractivity contribution < 1.29 is 20.0 Å². The molecule has 4 aromatic carbocycles. The van der Waals surface area contributed by atoms with Crippen LogP contribution in [0.1, 0.15) is 95.3 Å². The van der Waals surface area contributed by atoms with E-state index in [1.807, 2.05) is 5.20 Å². The quantitative estimate of drug-likeness (QED) is 0.183. The average Bonchev–Trinajstić information content (AvgIpc) is 3.55. The molecule has 4 aromatic rings. The summed E-state index contributed by atoms with van der Waals surface area (Å²) in [5.74, 6) is 1.70. The summed E-state index contributed by atoms with van der Waals surface area (Å²) >= 11 is -2.58. The van der Waals surface area contributed by atoms with Crippen LogP contribution >= 0.6 is 0 Å². The van der Waals surface area contributed by atoms with Crippen LogP contribution in [-0.2, 0) is 20.0 Å². The van der Waals surface area contributed by atoms with Crippen LogP contribution in [0.25, 0.3) is 34.4 Å².